The summed E-state index contributed by atoms with van der Waals surface area (Å²) in [5.74, 6) is -1.46. The van der Waals surface area contributed by atoms with Crippen molar-refractivity contribution < 1.29 is 23.4 Å². The van der Waals surface area contributed by atoms with Gasteiger partial charge in [0.2, 0.25) is 0 Å². The number of aliphatic carboxylic acids is 1. The lowest BCUT2D eigenvalue weighted by Crippen LogP contribution is -2.51. The van der Waals surface area contributed by atoms with Crippen LogP contribution in [0.4, 0.5) is 0 Å². The number of carbonyl (C=O) groups is 1. The van der Waals surface area contributed by atoms with Gasteiger partial charge in [0.15, 0.2) is 5.60 Å². The smallest absolute Gasteiger partial charge is 0.336 e. The number of aliphatic hydroxyl groups is 1. The van der Waals surface area contributed by atoms with Gasteiger partial charge < -0.3 is 10.2 Å². The average molecular weight is 294 g/mol. The fourth-order valence-corrected chi connectivity index (χ4v) is 3.32. The van der Waals surface area contributed by atoms with Gasteiger partial charge in [-0.15, -0.1) is 0 Å². The van der Waals surface area contributed by atoms with Crippen LogP contribution >= 0.6 is 0 Å². The minimum Gasteiger partial charge on any atom is -0.479 e. The van der Waals surface area contributed by atoms with Crippen LogP contribution in [0, 0.1) is 0 Å². The monoisotopic (exact) mass is 294 g/mol. The summed E-state index contributed by atoms with van der Waals surface area (Å²) in [6.07, 6.45) is 4.74. The molecular formula is C11H22N2O5S. The number of hydrogen-bond acceptors (Lipinski definition) is 4. The molecule has 0 saturated heterocycles. The molecule has 7 nitrogen and oxygen atoms in total. The minimum atomic E-state index is -3.77. The lowest BCUT2D eigenvalue weighted by Gasteiger charge is -2.31. The Morgan fingerprint density at radius 3 is 2.37 bits per heavy atom. The largest absolute Gasteiger partial charge is 0.479 e. The molecule has 0 aromatic heterocycles. The van der Waals surface area contributed by atoms with Crippen molar-refractivity contribution >= 4 is 16.2 Å². The predicted octanol–water partition coefficient (Wildman–Crippen LogP) is -0.0791. The second-order valence-electron chi connectivity index (χ2n) is 5.21. The van der Waals surface area contributed by atoms with E-state index >= 15 is 0 Å². The molecule has 1 fully saturated rings. The van der Waals surface area contributed by atoms with Crippen molar-refractivity contribution in [1.29, 1.82) is 0 Å². The molecule has 1 unspecified atom stereocenters. The fraction of sp³-hybridized carbons (Fsp3) is 0.909. The fourth-order valence-electron chi connectivity index (χ4n) is 2.05. The molecular weight excluding hydrogens is 272 g/mol. The Labute approximate surface area is 113 Å². The van der Waals surface area contributed by atoms with Gasteiger partial charge in [-0.25, -0.2) is 4.79 Å². The lowest BCUT2D eigenvalue weighted by molar-refractivity contribution is -0.155. The number of carboxylic acids is 1. The zero-order chi connectivity index (χ0) is 14.7. The van der Waals surface area contributed by atoms with E-state index < -0.39 is 28.3 Å². The molecule has 0 aromatic carbocycles. The molecule has 112 valence electrons. The first-order valence-corrected chi connectivity index (χ1v) is 7.79. The highest BCUT2D eigenvalue weighted by Crippen LogP contribution is 2.23. The first kappa shape index (κ1) is 16.4. The highest BCUT2D eigenvalue weighted by molar-refractivity contribution is 7.87. The van der Waals surface area contributed by atoms with Crippen molar-refractivity contribution in [2.45, 2.75) is 50.7 Å². The summed E-state index contributed by atoms with van der Waals surface area (Å²) in [7, 11) is -2.29. The van der Waals surface area contributed by atoms with Crippen LogP contribution in [-0.4, -0.2) is 54.1 Å². The molecule has 0 heterocycles. The maximum absolute atomic E-state index is 12.0. The Balaban J connectivity index is 2.62. The van der Waals surface area contributed by atoms with E-state index in [1.54, 1.807) is 0 Å². The number of nitrogens with zero attached hydrogens (tertiary/aromatic N) is 1. The Morgan fingerprint density at radius 2 is 1.89 bits per heavy atom. The van der Waals surface area contributed by atoms with Gasteiger partial charge in [-0.1, -0.05) is 19.3 Å². The molecule has 1 rings (SSSR count). The summed E-state index contributed by atoms with van der Waals surface area (Å²) in [6, 6.07) is -0.0546. The van der Waals surface area contributed by atoms with E-state index in [-0.39, 0.29) is 6.04 Å². The highest BCUT2D eigenvalue weighted by Gasteiger charge is 2.34. The molecule has 0 aliphatic heterocycles. The van der Waals surface area contributed by atoms with Crippen LogP contribution in [0.15, 0.2) is 0 Å². The summed E-state index contributed by atoms with van der Waals surface area (Å²) in [6.45, 7) is 0.500. The Hall–Kier alpha value is -0.700. The van der Waals surface area contributed by atoms with E-state index in [1.807, 2.05) is 0 Å². The molecule has 8 heteroatoms. The van der Waals surface area contributed by atoms with Crippen molar-refractivity contribution in [2.24, 2.45) is 0 Å². The van der Waals surface area contributed by atoms with E-state index in [9.17, 15) is 18.3 Å². The van der Waals surface area contributed by atoms with Crippen molar-refractivity contribution in [3.8, 4) is 0 Å². The van der Waals surface area contributed by atoms with Gasteiger partial charge in [-0.05, 0) is 19.8 Å². The molecule has 0 spiro atoms. The van der Waals surface area contributed by atoms with Gasteiger partial charge in [0, 0.05) is 13.1 Å². The summed E-state index contributed by atoms with van der Waals surface area (Å²) in [4.78, 5) is 10.7. The number of hydrogen-bond donors (Lipinski definition) is 3. The first-order chi connectivity index (χ1) is 8.67. The van der Waals surface area contributed by atoms with E-state index in [2.05, 4.69) is 4.72 Å². The topological polar surface area (TPSA) is 107 Å². The van der Waals surface area contributed by atoms with Crippen LogP contribution < -0.4 is 4.72 Å². The SMILES string of the molecule is CN(C1CCCCC1)S(=O)(=O)NCC(C)(O)C(=O)O. The molecule has 1 atom stereocenters. The van der Waals surface area contributed by atoms with Crippen LogP contribution in [-0.2, 0) is 15.0 Å². The van der Waals surface area contributed by atoms with Crippen LogP contribution in [0.1, 0.15) is 39.0 Å². The Morgan fingerprint density at radius 1 is 1.37 bits per heavy atom. The van der Waals surface area contributed by atoms with Gasteiger partial charge in [0.05, 0.1) is 6.54 Å². The molecule has 19 heavy (non-hydrogen) atoms. The Kier molecular flexibility index (Phi) is 5.31. The first-order valence-electron chi connectivity index (χ1n) is 6.35. The number of carboxylic acid groups (broad SMARTS) is 1. The number of rotatable bonds is 6. The van der Waals surface area contributed by atoms with Gasteiger partial charge in [-0.3, -0.25) is 0 Å². The zero-order valence-electron chi connectivity index (χ0n) is 11.3. The quantitative estimate of drug-likeness (QED) is 0.635. The molecule has 1 aliphatic carbocycles. The third-order valence-corrected chi connectivity index (χ3v) is 5.09. The molecule has 0 amide bonds. The van der Waals surface area contributed by atoms with Crippen molar-refractivity contribution in [3.63, 3.8) is 0 Å². The zero-order valence-corrected chi connectivity index (χ0v) is 12.1. The van der Waals surface area contributed by atoms with E-state index in [1.165, 1.54) is 11.4 Å². The van der Waals surface area contributed by atoms with Gasteiger partial charge >= 0.3 is 5.97 Å². The average Bonchev–Trinajstić information content (AvgIpc) is 2.36. The molecule has 0 bridgehead atoms. The molecule has 3 N–H and O–H groups in total. The van der Waals surface area contributed by atoms with Gasteiger partial charge in [0.1, 0.15) is 0 Å². The molecule has 1 saturated carbocycles. The van der Waals surface area contributed by atoms with E-state index in [4.69, 9.17) is 5.11 Å². The maximum atomic E-state index is 12.0. The maximum Gasteiger partial charge on any atom is 0.336 e. The van der Waals surface area contributed by atoms with Crippen LogP contribution in [0.2, 0.25) is 0 Å². The van der Waals surface area contributed by atoms with Crippen molar-refractivity contribution in [3.05, 3.63) is 0 Å². The molecule has 0 radical (unpaired) electrons. The lowest BCUT2D eigenvalue weighted by atomic mass is 9.96. The van der Waals surface area contributed by atoms with Gasteiger partial charge in [0.25, 0.3) is 10.2 Å². The summed E-state index contributed by atoms with van der Waals surface area (Å²) >= 11 is 0. The van der Waals surface area contributed by atoms with Crippen molar-refractivity contribution in [2.75, 3.05) is 13.6 Å². The highest BCUT2D eigenvalue weighted by atomic mass is 32.2. The molecule has 0 aromatic rings. The standard InChI is InChI=1S/C11H22N2O5S/c1-11(16,10(14)15)8-12-19(17,18)13(2)9-6-4-3-5-7-9/h9,12,16H,3-8H2,1-2H3,(H,14,15). The minimum absolute atomic E-state index is 0.0546. The Bertz CT molecular complexity index is 415. The number of nitrogens with one attached hydrogen (secondary N) is 1. The normalized spacial score (nSPS) is 21.3. The third kappa shape index (κ3) is 4.41. The second-order valence-corrected chi connectivity index (χ2v) is 7.03. The summed E-state index contributed by atoms with van der Waals surface area (Å²) in [5, 5.41) is 18.2. The predicted molar refractivity (Wildman–Crippen MR) is 69.8 cm³/mol. The van der Waals surface area contributed by atoms with Gasteiger partial charge in [-0.2, -0.15) is 17.4 Å². The van der Waals surface area contributed by atoms with E-state index in [0.717, 1.165) is 39.0 Å². The van der Waals surface area contributed by atoms with E-state index in [0.29, 0.717) is 0 Å². The van der Waals surface area contributed by atoms with Crippen LogP contribution in [0.5, 0.6) is 0 Å². The van der Waals surface area contributed by atoms with Crippen LogP contribution in [0.25, 0.3) is 0 Å². The second kappa shape index (κ2) is 6.17. The third-order valence-electron chi connectivity index (χ3n) is 3.53. The van der Waals surface area contributed by atoms with Crippen molar-refractivity contribution in [1.82, 2.24) is 9.03 Å². The van der Waals surface area contributed by atoms with Crippen LogP contribution in [0.3, 0.4) is 0 Å². The molecule has 1 aliphatic rings. The summed E-state index contributed by atoms with van der Waals surface area (Å²) in [5.41, 5.74) is -2.11. The summed E-state index contributed by atoms with van der Waals surface area (Å²) < 4.78 is 27.4.